The molecule has 0 saturated carbocycles. The standard InChI is InChI=1S/C3H7N9Si/c1-2-3-13(10-7-4,11-8-5)12-9-6/h2-3H2,1H3. The molecule has 0 heterocycles. The lowest BCUT2D eigenvalue weighted by molar-refractivity contribution is 1.02. The molecule has 13 heavy (non-hydrogen) atoms. The fourth-order valence-electron chi connectivity index (χ4n) is 0.760. The molecule has 0 rings (SSSR count). The van der Waals surface area contributed by atoms with E-state index in [2.05, 4.69) is 29.1 Å². The van der Waals surface area contributed by atoms with Crippen molar-refractivity contribution in [2.24, 2.45) is 14.3 Å². The highest BCUT2D eigenvalue weighted by molar-refractivity contribution is 6.74. The van der Waals surface area contributed by atoms with E-state index < -0.39 is 8.56 Å². The number of rotatable bonds is 5. The van der Waals surface area contributed by atoms with Crippen molar-refractivity contribution < 1.29 is 0 Å². The maximum Gasteiger partial charge on any atom is 0.349 e. The van der Waals surface area contributed by atoms with Gasteiger partial charge in [0, 0.05) is 0 Å². The number of azide groups is 1. The molecule has 0 aromatic heterocycles. The summed E-state index contributed by atoms with van der Waals surface area (Å²) in [6.07, 6.45) is 0.628. The first-order valence-corrected chi connectivity index (χ1v) is 5.48. The quantitative estimate of drug-likeness (QED) is 0.275. The van der Waals surface area contributed by atoms with Crippen LogP contribution in [0.4, 0.5) is 0 Å². The van der Waals surface area contributed by atoms with Crippen LogP contribution in [0.2, 0.25) is 6.04 Å². The van der Waals surface area contributed by atoms with Gasteiger partial charge in [-0.3, -0.25) is 0 Å². The molecular formula is C3H7N9Si. The first kappa shape index (κ1) is 11.1. The predicted molar refractivity (Wildman–Crippen MR) is 48.3 cm³/mol. The van der Waals surface area contributed by atoms with Crippen LogP contribution in [0.3, 0.4) is 0 Å². The first-order chi connectivity index (χ1) is 6.24. The van der Waals surface area contributed by atoms with Gasteiger partial charge in [-0.2, -0.15) is 0 Å². The van der Waals surface area contributed by atoms with Crippen molar-refractivity contribution >= 4 is 8.56 Å². The fourth-order valence-corrected chi connectivity index (χ4v) is 2.28. The summed E-state index contributed by atoms with van der Waals surface area (Å²) in [5.41, 5.74) is 24.6. The highest BCUT2D eigenvalue weighted by Crippen LogP contribution is 2.18. The summed E-state index contributed by atoms with van der Waals surface area (Å²) >= 11 is 0. The van der Waals surface area contributed by atoms with E-state index in [9.17, 15) is 0 Å². The second-order valence-corrected chi connectivity index (χ2v) is 4.74. The lowest BCUT2D eigenvalue weighted by Gasteiger charge is -2.10. The Morgan fingerprint density at radius 1 is 1.00 bits per heavy atom. The molecule has 0 saturated heterocycles. The molecule has 9 nitrogen and oxygen atoms in total. The highest BCUT2D eigenvalue weighted by atomic mass is 28.4. The molecule has 68 valence electrons. The van der Waals surface area contributed by atoms with E-state index in [0.29, 0.717) is 12.5 Å². The van der Waals surface area contributed by atoms with Crippen molar-refractivity contribution in [2.75, 3.05) is 0 Å². The van der Waals surface area contributed by atoms with Gasteiger partial charge in [-0.1, -0.05) is 13.3 Å². The molecule has 0 atom stereocenters. The Morgan fingerprint density at radius 2 is 1.38 bits per heavy atom. The van der Waals surface area contributed by atoms with E-state index in [0.717, 1.165) is 0 Å². The van der Waals surface area contributed by atoms with E-state index in [4.69, 9.17) is 16.6 Å². The van der Waals surface area contributed by atoms with Crippen LogP contribution >= 0.6 is 0 Å². The van der Waals surface area contributed by atoms with Gasteiger partial charge in [0.25, 0.3) is 0 Å². The maximum atomic E-state index is 8.21. The third kappa shape index (κ3) is 3.37. The van der Waals surface area contributed by atoms with Crippen LogP contribution in [0, 0.1) is 0 Å². The average Bonchev–Trinajstić information content (AvgIpc) is 2.06. The van der Waals surface area contributed by atoms with Crippen molar-refractivity contribution in [3.05, 3.63) is 31.3 Å². The topological polar surface area (TPSA) is 146 Å². The van der Waals surface area contributed by atoms with Crippen molar-refractivity contribution in [3.63, 3.8) is 0 Å². The van der Waals surface area contributed by atoms with Gasteiger partial charge in [-0.15, -0.1) is 14.3 Å². The summed E-state index contributed by atoms with van der Waals surface area (Å²) in [6, 6.07) is 0.325. The van der Waals surface area contributed by atoms with Crippen molar-refractivity contribution in [1.82, 2.24) is 0 Å². The Morgan fingerprint density at radius 3 is 1.62 bits per heavy atom. The SMILES string of the molecule is CCC[Si](N=[N+]=[N-])(N=[N+]=[N-])N=[N+]=[N-]. The summed E-state index contributed by atoms with van der Waals surface area (Å²) in [5, 5.41) is 0. The molecule has 10 heteroatoms. The normalized spacial score (nSPS) is 12.7. The maximum absolute atomic E-state index is 8.21. The minimum absolute atomic E-state index is 0.325. The van der Waals surface area contributed by atoms with E-state index >= 15 is 0 Å². The predicted octanol–water partition coefficient (Wildman–Crippen LogP) is 3.27. The number of nitrogens with zero attached hydrogens (tertiary/aromatic N) is 9. The van der Waals surface area contributed by atoms with Gasteiger partial charge in [0.2, 0.25) is 0 Å². The highest BCUT2D eigenvalue weighted by Gasteiger charge is 2.29. The molecule has 0 amide bonds. The second kappa shape index (κ2) is 5.75. The fraction of sp³-hybridized carbons (Fsp3) is 1.00. The summed E-state index contributed by atoms with van der Waals surface area (Å²) in [4.78, 5) is 7.56. The summed E-state index contributed by atoms with van der Waals surface area (Å²) in [7, 11) is -3.17. The average molecular weight is 197 g/mol. The van der Waals surface area contributed by atoms with E-state index in [-0.39, 0.29) is 0 Å². The minimum atomic E-state index is -3.17. The second-order valence-electron chi connectivity index (χ2n) is 2.09. The smallest absolute Gasteiger partial charge is 0.110 e. The molecule has 0 unspecified atom stereocenters. The van der Waals surface area contributed by atoms with E-state index in [1.54, 1.807) is 0 Å². The summed E-state index contributed by atoms with van der Waals surface area (Å²) in [6.45, 7) is 1.81. The lowest BCUT2D eigenvalue weighted by atomic mass is 10.6. The molecule has 0 spiro atoms. The molecule has 0 aromatic rings. The van der Waals surface area contributed by atoms with Crippen molar-refractivity contribution in [3.8, 4) is 0 Å². The van der Waals surface area contributed by atoms with Gasteiger partial charge in [-0.25, -0.2) is 0 Å². The van der Waals surface area contributed by atoms with Gasteiger partial charge >= 0.3 is 8.56 Å². The molecule has 0 radical (unpaired) electrons. The molecule has 0 aromatic carbocycles. The van der Waals surface area contributed by atoms with Gasteiger partial charge in [-0.05, 0) is 37.4 Å². The Balaban J connectivity index is 5.12. The van der Waals surface area contributed by atoms with Crippen LogP contribution in [0.15, 0.2) is 14.3 Å². The molecule has 0 aliphatic rings. The molecule has 0 N–H and O–H groups in total. The van der Waals surface area contributed by atoms with Crippen LogP contribution in [-0.4, -0.2) is 8.56 Å². The summed E-state index contributed by atoms with van der Waals surface area (Å²) < 4.78 is 9.91. The zero-order valence-corrected chi connectivity index (χ0v) is 7.94. The lowest BCUT2D eigenvalue weighted by Crippen LogP contribution is -2.25. The van der Waals surface area contributed by atoms with Gasteiger partial charge in [0.15, 0.2) is 0 Å². The van der Waals surface area contributed by atoms with Crippen LogP contribution in [0.25, 0.3) is 31.3 Å². The Bertz CT molecular complexity index is 257. The van der Waals surface area contributed by atoms with Gasteiger partial charge in [0.05, 0.1) is 0 Å². The van der Waals surface area contributed by atoms with Crippen LogP contribution in [0.5, 0.6) is 0 Å². The number of hydrogen-bond donors (Lipinski definition) is 0. The third-order valence-corrected chi connectivity index (χ3v) is 3.60. The third-order valence-electron chi connectivity index (χ3n) is 1.20. The number of hydrogen-bond acceptors (Lipinski definition) is 3. The van der Waals surface area contributed by atoms with Crippen LogP contribution < -0.4 is 0 Å². The monoisotopic (exact) mass is 197 g/mol. The van der Waals surface area contributed by atoms with Gasteiger partial charge < -0.3 is 0 Å². The van der Waals surface area contributed by atoms with Crippen LogP contribution in [-0.2, 0) is 0 Å². The molecule has 0 fully saturated rings. The Labute approximate surface area is 74.5 Å². The Kier molecular flexibility index (Phi) is 4.93. The van der Waals surface area contributed by atoms with Crippen molar-refractivity contribution in [1.29, 1.82) is 0 Å². The van der Waals surface area contributed by atoms with E-state index in [1.165, 1.54) is 0 Å². The molecule has 0 aliphatic carbocycles. The summed E-state index contributed by atoms with van der Waals surface area (Å²) in [5.74, 6) is 0. The van der Waals surface area contributed by atoms with E-state index in [1.807, 2.05) is 6.92 Å². The minimum Gasteiger partial charge on any atom is -0.110 e. The zero-order valence-electron chi connectivity index (χ0n) is 6.94. The molecule has 0 aliphatic heterocycles. The Hall–Kier alpha value is -1.85. The molecule has 0 bridgehead atoms. The van der Waals surface area contributed by atoms with Crippen molar-refractivity contribution in [2.45, 2.75) is 19.4 Å². The van der Waals surface area contributed by atoms with Crippen LogP contribution in [0.1, 0.15) is 13.3 Å². The van der Waals surface area contributed by atoms with Gasteiger partial charge in [0.1, 0.15) is 0 Å². The first-order valence-electron chi connectivity index (χ1n) is 3.43. The largest absolute Gasteiger partial charge is 0.349 e. The molecular weight excluding hydrogens is 190 g/mol. The zero-order chi connectivity index (χ0) is 10.2.